The van der Waals surface area contributed by atoms with Crippen LogP contribution in [0.3, 0.4) is 0 Å². The van der Waals surface area contributed by atoms with Crippen molar-refractivity contribution in [1.29, 1.82) is 0 Å². The second-order valence-electron chi connectivity index (χ2n) is 4.10. The van der Waals surface area contributed by atoms with Crippen molar-refractivity contribution in [2.24, 2.45) is 5.73 Å². The van der Waals surface area contributed by atoms with Crippen LogP contribution < -0.4 is 16.4 Å². The maximum Gasteiger partial charge on any atom is 0.328 e. The number of nitrogens with one attached hydrogen (secondary N) is 2. The van der Waals surface area contributed by atoms with Crippen LogP contribution in [0.1, 0.15) is 13.8 Å². The van der Waals surface area contributed by atoms with Crippen LogP contribution in [-0.4, -0.2) is 63.9 Å². The van der Waals surface area contributed by atoms with E-state index in [0.717, 1.165) is 0 Å². The van der Waals surface area contributed by atoms with Gasteiger partial charge in [-0.05, 0) is 13.8 Å². The Morgan fingerprint density at radius 1 is 1.16 bits per heavy atom. The topological polar surface area (TPSA) is 162 Å². The molecule has 2 amide bonds. The van der Waals surface area contributed by atoms with Gasteiger partial charge in [-0.15, -0.1) is 0 Å². The summed E-state index contributed by atoms with van der Waals surface area (Å²) in [5, 5.41) is 31.0. The third kappa shape index (κ3) is 5.64. The van der Waals surface area contributed by atoms with Crippen molar-refractivity contribution in [3.8, 4) is 0 Å². The number of carbonyl (C=O) groups is 3. The number of hydrogen-bond acceptors (Lipinski definition) is 6. The molecule has 110 valence electrons. The first-order valence-electron chi connectivity index (χ1n) is 5.58. The van der Waals surface area contributed by atoms with E-state index in [-0.39, 0.29) is 0 Å². The van der Waals surface area contributed by atoms with Gasteiger partial charge in [-0.2, -0.15) is 0 Å². The van der Waals surface area contributed by atoms with Crippen LogP contribution in [0.25, 0.3) is 0 Å². The zero-order valence-corrected chi connectivity index (χ0v) is 10.7. The molecule has 0 saturated heterocycles. The lowest BCUT2D eigenvalue weighted by Crippen LogP contribution is -2.58. The minimum atomic E-state index is -1.51. The van der Waals surface area contributed by atoms with Crippen molar-refractivity contribution >= 4 is 17.8 Å². The zero-order chi connectivity index (χ0) is 15.2. The summed E-state index contributed by atoms with van der Waals surface area (Å²) in [5.41, 5.74) is 5.30. The predicted molar refractivity (Wildman–Crippen MR) is 63.9 cm³/mol. The van der Waals surface area contributed by atoms with Gasteiger partial charge in [0.05, 0.1) is 18.8 Å². The van der Waals surface area contributed by atoms with Crippen LogP contribution in [-0.2, 0) is 14.4 Å². The smallest absolute Gasteiger partial charge is 0.328 e. The molecule has 4 atom stereocenters. The molecular formula is C10H19N3O6. The maximum atomic E-state index is 11.7. The molecule has 0 bridgehead atoms. The van der Waals surface area contributed by atoms with Crippen LogP contribution in [0.2, 0.25) is 0 Å². The lowest BCUT2D eigenvalue weighted by molar-refractivity contribution is -0.144. The van der Waals surface area contributed by atoms with Gasteiger partial charge in [0.1, 0.15) is 12.1 Å². The Kier molecular flexibility index (Phi) is 6.98. The number of amides is 2. The first kappa shape index (κ1) is 17.3. The molecule has 0 saturated carbocycles. The van der Waals surface area contributed by atoms with Crippen molar-refractivity contribution < 1.29 is 29.7 Å². The SMILES string of the molecule is CC(N)C(=O)NC(C(=O)NC(CO)C(=O)O)C(C)O. The molecule has 7 N–H and O–H groups in total. The fraction of sp³-hybridized carbons (Fsp3) is 0.700. The molecule has 0 aliphatic carbocycles. The summed E-state index contributed by atoms with van der Waals surface area (Å²) in [4.78, 5) is 33.7. The first-order chi connectivity index (χ1) is 8.70. The second-order valence-corrected chi connectivity index (χ2v) is 4.10. The summed E-state index contributed by atoms with van der Waals surface area (Å²) in [6.07, 6.45) is -1.25. The number of carboxylic acids is 1. The highest BCUT2D eigenvalue weighted by Gasteiger charge is 2.29. The summed E-state index contributed by atoms with van der Waals surface area (Å²) in [6.45, 7) is 1.83. The standard InChI is InChI=1S/C10H19N3O6/c1-4(11)8(16)13-7(5(2)15)9(17)12-6(3-14)10(18)19/h4-7,14-15H,3,11H2,1-2H3,(H,12,17)(H,13,16)(H,18,19). The average molecular weight is 277 g/mol. The first-order valence-corrected chi connectivity index (χ1v) is 5.58. The van der Waals surface area contributed by atoms with E-state index in [9.17, 15) is 19.5 Å². The molecule has 0 rings (SSSR count). The van der Waals surface area contributed by atoms with Crippen LogP contribution in [0.5, 0.6) is 0 Å². The highest BCUT2D eigenvalue weighted by molar-refractivity contribution is 5.92. The fourth-order valence-corrected chi connectivity index (χ4v) is 1.14. The molecule has 0 heterocycles. The van der Waals surface area contributed by atoms with Gasteiger partial charge in [0.15, 0.2) is 0 Å². The molecule has 0 spiro atoms. The van der Waals surface area contributed by atoms with E-state index in [1.54, 1.807) is 0 Å². The molecular weight excluding hydrogens is 258 g/mol. The third-order valence-corrected chi connectivity index (χ3v) is 2.27. The monoisotopic (exact) mass is 277 g/mol. The summed E-state index contributed by atoms with van der Waals surface area (Å²) in [7, 11) is 0. The van der Waals surface area contributed by atoms with Gasteiger partial charge in [-0.25, -0.2) is 4.79 Å². The average Bonchev–Trinajstić information content (AvgIpc) is 2.31. The Hall–Kier alpha value is -1.71. The van der Waals surface area contributed by atoms with E-state index in [4.69, 9.17) is 15.9 Å². The van der Waals surface area contributed by atoms with E-state index in [1.807, 2.05) is 5.32 Å². The molecule has 19 heavy (non-hydrogen) atoms. The molecule has 9 heteroatoms. The van der Waals surface area contributed by atoms with Gasteiger partial charge < -0.3 is 31.7 Å². The van der Waals surface area contributed by atoms with Gasteiger partial charge in [-0.1, -0.05) is 0 Å². The van der Waals surface area contributed by atoms with Crippen molar-refractivity contribution in [2.75, 3.05) is 6.61 Å². The highest BCUT2D eigenvalue weighted by atomic mass is 16.4. The van der Waals surface area contributed by atoms with Crippen molar-refractivity contribution in [2.45, 2.75) is 38.1 Å². The second kappa shape index (κ2) is 7.67. The third-order valence-electron chi connectivity index (χ3n) is 2.27. The quantitative estimate of drug-likeness (QED) is 0.285. The molecule has 0 aliphatic heterocycles. The van der Waals surface area contributed by atoms with Gasteiger partial charge >= 0.3 is 5.97 Å². The van der Waals surface area contributed by atoms with Crippen molar-refractivity contribution in [3.05, 3.63) is 0 Å². The Morgan fingerprint density at radius 3 is 2.00 bits per heavy atom. The summed E-state index contributed by atoms with van der Waals surface area (Å²) in [6, 6.07) is -3.75. The van der Waals surface area contributed by atoms with Crippen molar-refractivity contribution in [3.63, 3.8) is 0 Å². The number of hydrogen-bond donors (Lipinski definition) is 6. The van der Waals surface area contributed by atoms with E-state index in [1.165, 1.54) is 13.8 Å². The number of nitrogens with two attached hydrogens (primary N) is 1. The minimum Gasteiger partial charge on any atom is -0.480 e. The number of aliphatic carboxylic acids is 1. The van der Waals surface area contributed by atoms with E-state index in [0.29, 0.717) is 0 Å². The Morgan fingerprint density at radius 2 is 1.68 bits per heavy atom. The van der Waals surface area contributed by atoms with Gasteiger partial charge in [-0.3, -0.25) is 9.59 Å². The van der Waals surface area contributed by atoms with Crippen LogP contribution in [0.4, 0.5) is 0 Å². The fourth-order valence-electron chi connectivity index (χ4n) is 1.14. The molecule has 9 nitrogen and oxygen atoms in total. The number of carbonyl (C=O) groups excluding carboxylic acids is 2. The van der Waals surface area contributed by atoms with Crippen LogP contribution in [0, 0.1) is 0 Å². The molecule has 4 unspecified atom stereocenters. The normalized spacial score (nSPS) is 16.9. The zero-order valence-electron chi connectivity index (χ0n) is 10.7. The Bertz CT molecular complexity index is 344. The van der Waals surface area contributed by atoms with Gasteiger partial charge in [0, 0.05) is 0 Å². The number of rotatable bonds is 7. The number of aliphatic hydroxyl groups excluding tert-OH is 2. The van der Waals surface area contributed by atoms with E-state index >= 15 is 0 Å². The highest BCUT2D eigenvalue weighted by Crippen LogP contribution is 1.96. The Labute approximate surface area is 109 Å². The van der Waals surface area contributed by atoms with Gasteiger partial charge in [0.2, 0.25) is 11.8 Å². The molecule has 0 fully saturated rings. The van der Waals surface area contributed by atoms with Crippen molar-refractivity contribution in [1.82, 2.24) is 10.6 Å². The van der Waals surface area contributed by atoms with E-state index in [2.05, 4.69) is 5.32 Å². The van der Waals surface area contributed by atoms with Gasteiger partial charge in [0.25, 0.3) is 0 Å². The predicted octanol–water partition coefficient (Wildman–Crippen LogP) is -3.24. The lowest BCUT2D eigenvalue weighted by Gasteiger charge is -2.23. The lowest BCUT2D eigenvalue weighted by atomic mass is 10.1. The Balaban J connectivity index is 4.75. The molecule has 0 aliphatic rings. The van der Waals surface area contributed by atoms with E-state index < -0.39 is 48.6 Å². The molecule has 0 aromatic carbocycles. The summed E-state index contributed by atoms with van der Waals surface area (Å²) >= 11 is 0. The minimum absolute atomic E-state index is 0.670. The molecule has 0 radical (unpaired) electrons. The molecule has 0 aromatic heterocycles. The van der Waals surface area contributed by atoms with Crippen LogP contribution >= 0.6 is 0 Å². The number of carboxylic acid groups (broad SMARTS) is 1. The molecule has 0 aromatic rings. The summed E-state index contributed by atoms with van der Waals surface area (Å²) in [5.74, 6) is -3.03. The summed E-state index contributed by atoms with van der Waals surface area (Å²) < 4.78 is 0. The number of aliphatic hydroxyl groups is 2. The maximum absolute atomic E-state index is 11.7. The largest absolute Gasteiger partial charge is 0.480 e. The van der Waals surface area contributed by atoms with Crippen LogP contribution in [0.15, 0.2) is 0 Å².